The van der Waals surface area contributed by atoms with Gasteiger partial charge < -0.3 is 15.4 Å². The van der Waals surface area contributed by atoms with E-state index >= 15 is 0 Å². The zero-order valence-corrected chi connectivity index (χ0v) is 11.2. The topological polar surface area (TPSA) is 50.4 Å². The van der Waals surface area contributed by atoms with E-state index in [0.717, 1.165) is 6.42 Å². The normalized spacial score (nSPS) is 13.6. The first kappa shape index (κ1) is 15.4. The number of carbonyl (C=O) groups excluding carboxylic acids is 1. The van der Waals surface area contributed by atoms with E-state index in [2.05, 4.69) is 17.6 Å². The standard InChI is InChI=1S/C12H26N2O2/c1-6-10(8-16-5)14-9-12(3,4)11(15)13-7-2/h10,14H,6-9H2,1-5H3,(H,13,15). The van der Waals surface area contributed by atoms with Gasteiger partial charge in [-0.05, 0) is 27.2 Å². The van der Waals surface area contributed by atoms with Gasteiger partial charge in [0, 0.05) is 26.2 Å². The Hall–Kier alpha value is -0.610. The van der Waals surface area contributed by atoms with Crippen LogP contribution in [0.15, 0.2) is 0 Å². The number of methoxy groups -OCH3 is 1. The summed E-state index contributed by atoms with van der Waals surface area (Å²) in [6, 6.07) is 0.318. The van der Waals surface area contributed by atoms with Crippen LogP contribution in [-0.4, -0.2) is 38.8 Å². The molecule has 0 aliphatic heterocycles. The average Bonchev–Trinajstić information content (AvgIpc) is 2.24. The molecule has 0 aliphatic carbocycles. The molecule has 0 fully saturated rings. The second kappa shape index (κ2) is 7.63. The maximum atomic E-state index is 11.7. The smallest absolute Gasteiger partial charge is 0.226 e. The molecule has 1 atom stereocenters. The highest BCUT2D eigenvalue weighted by atomic mass is 16.5. The number of nitrogens with one attached hydrogen (secondary N) is 2. The van der Waals surface area contributed by atoms with Gasteiger partial charge in [-0.1, -0.05) is 6.92 Å². The molecule has 0 aromatic rings. The highest BCUT2D eigenvalue weighted by Crippen LogP contribution is 2.14. The quantitative estimate of drug-likeness (QED) is 0.658. The molecule has 0 saturated carbocycles. The number of hydrogen-bond donors (Lipinski definition) is 2. The van der Waals surface area contributed by atoms with Crippen molar-refractivity contribution in [3.63, 3.8) is 0 Å². The molecule has 0 saturated heterocycles. The van der Waals surface area contributed by atoms with E-state index in [1.165, 1.54) is 0 Å². The van der Waals surface area contributed by atoms with Crippen molar-refractivity contribution in [1.82, 2.24) is 10.6 Å². The third-order valence-electron chi connectivity index (χ3n) is 2.65. The lowest BCUT2D eigenvalue weighted by Gasteiger charge is -2.26. The average molecular weight is 230 g/mol. The second-order valence-corrected chi connectivity index (χ2v) is 4.68. The largest absolute Gasteiger partial charge is 0.383 e. The van der Waals surface area contributed by atoms with Gasteiger partial charge >= 0.3 is 0 Å². The van der Waals surface area contributed by atoms with Gasteiger partial charge in [0.2, 0.25) is 5.91 Å². The van der Waals surface area contributed by atoms with Crippen molar-refractivity contribution < 1.29 is 9.53 Å². The van der Waals surface area contributed by atoms with E-state index in [1.807, 2.05) is 20.8 Å². The third-order valence-corrected chi connectivity index (χ3v) is 2.65. The molecule has 16 heavy (non-hydrogen) atoms. The number of amides is 1. The van der Waals surface area contributed by atoms with Gasteiger partial charge in [0.15, 0.2) is 0 Å². The lowest BCUT2D eigenvalue weighted by molar-refractivity contribution is -0.129. The van der Waals surface area contributed by atoms with Crippen LogP contribution in [0, 0.1) is 5.41 Å². The molecule has 1 amide bonds. The zero-order valence-electron chi connectivity index (χ0n) is 11.2. The molecule has 0 heterocycles. The zero-order chi connectivity index (χ0) is 12.6. The van der Waals surface area contributed by atoms with Crippen molar-refractivity contribution >= 4 is 5.91 Å². The molecule has 96 valence electrons. The Kier molecular flexibility index (Phi) is 7.34. The fourth-order valence-electron chi connectivity index (χ4n) is 1.40. The third kappa shape index (κ3) is 5.47. The Morgan fingerprint density at radius 2 is 2.00 bits per heavy atom. The van der Waals surface area contributed by atoms with Crippen molar-refractivity contribution in [2.75, 3.05) is 26.8 Å². The monoisotopic (exact) mass is 230 g/mol. The van der Waals surface area contributed by atoms with Gasteiger partial charge in [0.1, 0.15) is 0 Å². The van der Waals surface area contributed by atoms with E-state index in [9.17, 15) is 4.79 Å². The van der Waals surface area contributed by atoms with Gasteiger partial charge in [-0.2, -0.15) is 0 Å². The minimum atomic E-state index is -0.378. The molecule has 4 nitrogen and oxygen atoms in total. The van der Waals surface area contributed by atoms with E-state index in [0.29, 0.717) is 25.7 Å². The molecule has 4 heteroatoms. The summed E-state index contributed by atoms with van der Waals surface area (Å²) in [5.41, 5.74) is -0.378. The molecular weight excluding hydrogens is 204 g/mol. The van der Waals surface area contributed by atoms with Crippen molar-refractivity contribution in [2.24, 2.45) is 5.41 Å². The molecule has 0 aromatic carbocycles. The number of carbonyl (C=O) groups is 1. The molecule has 0 aromatic heterocycles. The van der Waals surface area contributed by atoms with Crippen LogP contribution < -0.4 is 10.6 Å². The second-order valence-electron chi connectivity index (χ2n) is 4.68. The van der Waals surface area contributed by atoms with E-state index in [-0.39, 0.29) is 11.3 Å². The Labute approximate surface area is 99.1 Å². The van der Waals surface area contributed by atoms with Gasteiger partial charge in [0.05, 0.1) is 12.0 Å². The molecular formula is C12H26N2O2. The Bertz CT molecular complexity index is 205. The summed E-state index contributed by atoms with van der Waals surface area (Å²) in [5, 5.41) is 6.21. The summed E-state index contributed by atoms with van der Waals surface area (Å²) < 4.78 is 5.11. The van der Waals surface area contributed by atoms with Gasteiger partial charge in [-0.15, -0.1) is 0 Å². The van der Waals surface area contributed by atoms with E-state index < -0.39 is 0 Å². The molecule has 2 N–H and O–H groups in total. The maximum Gasteiger partial charge on any atom is 0.226 e. The fourth-order valence-corrected chi connectivity index (χ4v) is 1.40. The van der Waals surface area contributed by atoms with Gasteiger partial charge in [0.25, 0.3) is 0 Å². The molecule has 0 bridgehead atoms. The first-order chi connectivity index (χ1) is 7.47. The number of rotatable bonds is 8. The van der Waals surface area contributed by atoms with Gasteiger partial charge in [-0.3, -0.25) is 4.79 Å². The van der Waals surface area contributed by atoms with Crippen molar-refractivity contribution in [1.29, 1.82) is 0 Å². The van der Waals surface area contributed by atoms with Crippen molar-refractivity contribution in [2.45, 2.75) is 40.2 Å². The summed E-state index contributed by atoms with van der Waals surface area (Å²) in [7, 11) is 1.69. The fraction of sp³-hybridized carbons (Fsp3) is 0.917. The summed E-state index contributed by atoms with van der Waals surface area (Å²) in [4.78, 5) is 11.7. The molecule has 0 rings (SSSR count). The molecule has 1 unspecified atom stereocenters. The van der Waals surface area contributed by atoms with Crippen LogP contribution in [0.25, 0.3) is 0 Å². The van der Waals surface area contributed by atoms with Crippen LogP contribution in [0.2, 0.25) is 0 Å². The first-order valence-electron chi connectivity index (χ1n) is 5.98. The van der Waals surface area contributed by atoms with E-state index in [1.54, 1.807) is 7.11 Å². The summed E-state index contributed by atoms with van der Waals surface area (Å²) in [5.74, 6) is 0.0924. The first-order valence-corrected chi connectivity index (χ1v) is 5.98. The van der Waals surface area contributed by atoms with Crippen molar-refractivity contribution in [3.05, 3.63) is 0 Å². The predicted molar refractivity (Wildman–Crippen MR) is 66.4 cm³/mol. The van der Waals surface area contributed by atoms with Crippen LogP contribution in [0.5, 0.6) is 0 Å². The lowest BCUT2D eigenvalue weighted by Crippen LogP contribution is -2.46. The van der Waals surface area contributed by atoms with Crippen LogP contribution in [-0.2, 0) is 9.53 Å². The Balaban J connectivity index is 4.09. The Morgan fingerprint density at radius 3 is 2.44 bits per heavy atom. The number of hydrogen-bond acceptors (Lipinski definition) is 3. The summed E-state index contributed by atoms with van der Waals surface area (Å²) in [6.07, 6.45) is 0.999. The molecule has 0 aliphatic rings. The molecule has 0 radical (unpaired) electrons. The maximum absolute atomic E-state index is 11.7. The van der Waals surface area contributed by atoms with Gasteiger partial charge in [-0.25, -0.2) is 0 Å². The SMILES string of the molecule is CCNC(=O)C(C)(C)CNC(CC)COC. The number of ether oxygens (including phenoxy) is 1. The lowest BCUT2D eigenvalue weighted by atomic mass is 9.91. The van der Waals surface area contributed by atoms with Crippen LogP contribution in [0.1, 0.15) is 34.1 Å². The summed E-state index contributed by atoms with van der Waals surface area (Å²) in [6.45, 7) is 9.96. The molecule has 0 spiro atoms. The highest BCUT2D eigenvalue weighted by molar-refractivity contribution is 5.81. The van der Waals surface area contributed by atoms with E-state index in [4.69, 9.17) is 4.74 Å². The minimum absolute atomic E-state index is 0.0924. The minimum Gasteiger partial charge on any atom is -0.383 e. The Morgan fingerprint density at radius 1 is 1.38 bits per heavy atom. The van der Waals surface area contributed by atoms with Crippen LogP contribution in [0.4, 0.5) is 0 Å². The summed E-state index contributed by atoms with van der Waals surface area (Å²) >= 11 is 0. The van der Waals surface area contributed by atoms with Crippen LogP contribution in [0.3, 0.4) is 0 Å². The van der Waals surface area contributed by atoms with Crippen molar-refractivity contribution in [3.8, 4) is 0 Å². The highest BCUT2D eigenvalue weighted by Gasteiger charge is 2.27. The predicted octanol–water partition coefficient (Wildman–Crippen LogP) is 1.16. The van der Waals surface area contributed by atoms with Crippen LogP contribution >= 0.6 is 0 Å².